The molecule has 116 valence electrons. The maximum Gasteiger partial charge on any atom is 0.491 e. The fourth-order valence-electron chi connectivity index (χ4n) is 1.19. The molecule has 0 fully saturated rings. The molecule has 0 aromatic heterocycles. The highest BCUT2D eigenvalue weighted by molar-refractivity contribution is 7.89. The van der Waals surface area contributed by atoms with Gasteiger partial charge in [0.05, 0.1) is 4.90 Å². The van der Waals surface area contributed by atoms with Gasteiger partial charge in [-0.2, -0.15) is 17.9 Å². The highest BCUT2D eigenvalue weighted by atomic mass is 32.2. The van der Waals surface area contributed by atoms with Gasteiger partial charge in [-0.25, -0.2) is 18.0 Å². The second-order valence-electron chi connectivity index (χ2n) is 3.86. The van der Waals surface area contributed by atoms with E-state index in [0.717, 1.165) is 6.92 Å². The smallest absolute Gasteiger partial charge is 0.385 e. The van der Waals surface area contributed by atoms with Crippen molar-refractivity contribution in [3.05, 3.63) is 30.3 Å². The van der Waals surface area contributed by atoms with E-state index in [-0.39, 0.29) is 4.90 Å². The summed E-state index contributed by atoms with van der Waals surface area (Å²) in [6.07, 6.45) is -5.34. The van der Waals surface area contributed by atoms with Crippen LogP contribution in [0.1, 0.15) is 6.92 Å². The first-order chi connectivity index (χ1) is 9.54. The van der Waals surface area contributed by atoms with Crippen LogP contribution < -0.4 is 4.72 Å². The average molecular weight is 325 g/mol. The monoisotopic (exact) mass is 325 g/mol. The highest BCUT2D eigenvalue weighted by Gasteiger charge is 2.43. The standard InChI is InChI=1S/C11H10F3NO5S/c1-7(9(16)20-10(17)11(12,13)14)15-21(18,19)8-5-3-2-4-6-8/h2-7,15H,1H3. The number of carbonyl (C=O) groups is 2. The minimum atomic E-state index is -5.34. The molecule has 1 unspecified atom stereocenters. The van der Waals surface area contributed by atoms with E-state index in [9.17, 15) is 31.2 Å². The zero-order valence-electron chi connectivity index (χ0n) is 10.5. The van der Waals surface area contributed by atoms with Crippen molar-refractivity contribution in [2.24, 2.45) is 0 Å². The fourth-order valence-corrected chi connectivity index (χ4v) is 2.40. The van der Waals surface area contributed by atoms with Gasteiger partial charge in [0.1, 0.15) is 6.04 Å². The molecule has 1 aromatic carbocycles. The van der Waals surface area contributed by atoms with Crippen molar-refractivity contribution in [2.75, 3.05) is 0 Å². The molecule has 0 aliphatic rings. The summed E-state index contributed by atoms with van der Waals surface area (Å²) >= 11 is 0. The maximum absolute atomic E-state index is 11.9. The lowest BCUT2D eigenvalue weighted by molar-refractivity contribution is -0.202. The molecule has 1 atom stereocenters. The Labute approximate surface area is 117 Å². The molecule has 1 N–H and O–H groups in total. The predicted molar refractivity (Wildman–Crippen MR) is 63.4 cm³/mol. The molecule has 0 aliphatic carbocycles. The Balaban J connectivity index is 2.75. The lowest BCUT2D eigenvalue weighted by atomic mass is 10.4. The van der Waals surface area contributed by atoms with Gasteiger partial charge in [0.2, 0.25) is 10.0 Å². The molecule has 6 nitrogen and oxygen atoms in total. The Morgan fingerprint density at radius 1 is 1.19 bits per heavy atom. The number of sulfonamides is 1. The molecule has 0 amide bonds. The number of alkyl halides is 3. The average Bonchev–Trinajstić information content (AvgIpc) is 2.38. The Kier molecular flexibility index (Phi) is 5.07. The number of halogens is 3. The first kappa shape index (κ1) is 17.1. The van der Waals surface area contributed by atoms with Gasteiger partial charge in [0.25, 0.3) is 0 Å². The lowest BCUT2D eigenvalue weighted by Gasteiger charge is -2.13. The first-order valence-corrected chi connectivity index (χ1v) is 6.92. The summed E-state index contributed by atoms with van der Waals surface area (Å²) in [7, 11) is -4.12. The van der Waals surface area contributed by atoms with E-state index < -0.39 is 34.2 Å². The summed E-state index contributed by atoms with van der Waals surface area (Å²) in [5.74, 6) is -4.37. The number of hydrogen-bond acceptors (Lipinski definition) is 5. The summed E-state index contributed by atoms with van der Waals surface area (Å²) < 4.78 is 64.7. The van der Waals surface area contributed by atoms with Crippen LogP contribution in [0.3, 0.4) is 0 Å². The van der Waals surface area contributed by atoms with Crippen molar-refractivity contribution in [3.63, 3.8) is 0 Å². The van der Waals surface area contributed by atoms with Crippen molar-refractivity contribution in [1.29, 1.82) is 0 Å². The third kappa shape index (κ3) is 4.83. The van der Waals surface area contributed by atoms with Crippen LogP contribution in [0.15, 0.2) is 35.2 Å². The number of esters is 2. The predicted octanol–water partition coefficient (Wildman–Crippen LogP) is 0.986. The number of ether oxygens (including phenoxy) is 1. The van der Waals surface area contributed by atoms with E-state index in [0.29, 0.717) is 0 Å². The zero-order valence-corrected chi connectivity index (χ0v) is 11.4. The third-order valence-corrected chi connectivity index (χ3v) is 3.72. The van der Waals surface area contributed by atoms with Crippen LogP contribution in [-0.4, -0.2) is 32.6 Å². The molecule has 0 bridgehead atoms. The largest absolute Gasteiger partial charge is 0.491 e. The zero-order chi connectivity index (χ0) is 16.3. The highest BCUT2D eigenvalue weighted by Crippen LogP contribution is 2.17. The van der Waals surface area contributed by atoms with Gasteiger partial charge >= 0.3 is 18.1 Å². The number of hydrogen-bond donors (Lipinski definition) is 1. The normalized spacial score (nSPS) is 13.5. The summed E-state index contributed by atoms with van der Waals surface area (Å²) in [5, 5.41) is 0. The van der Waals surface area contributed by atoms with Gasteiger partial charge in [-0.1, -0.05) is 18.2 Å². The Hall–Kier alpha value is -1.94. The summed E-state index contributed by atoms with van der Waals surface area (Å²) in [5.41, 5.74) is 0. The molecule has 21 heavy (non-hydrogen) atoms. The van der Waals surface area contributed by atoms with Gasteiger partial charge in [0, 0.05) is 0 Å². The van der Waals surface area contributed by atoms with Gasteiger partial charge < -0.3 is 4.74 Å². The van der Waals surface area contributed by atoms with Gasteiger partial charge in [-0.15, -0.1) is 0 Å². The van der Waals surface area contributed by atoms with E-state index in [1.165, 1.54) is 24.3 Å². The Morgan fingerprint density at radius 3 is 2.19 bits per heavy atom. The molecular formula is C11H10F3NO5S. The van der Waals surface area contributed by atoms with Crippen LogP contribution in [0.4, 0.5) is 13.2 Å². The minimum absolute atomic E-state index is 0.188. The molecule has 0 saturated heterocycles. The number of carbonyl (C=O) groups excluding carboxylic acids is 2. The summed E-state index contributed by atoms with van der Waals surface area (Å²) in [6.45, 7) is 0.951. The van der Waals surface area contributed by atoms with Crippen molar-refractivity contribution < 1.29 is 35.9 Å². The maximum atomic E-state index is 11.9. The van der Waals surface area contributed by atoms with E-state index in [1.54, 1.807) is 6.07 Å². The first-order valence-electron chi connectivity index (χ1n) is 5.44. The number of rotatable bonds is 4. The van der Waals surface area contributed by atoms with Crippen LogP contribution in [-0.2, 0) is 24.3 Å². The topological polar surface area (TPSA) is 89.5 Å². The van der Waals surface area contributed by atoms with Crippen LogP contribution in [0.5, 0.6) is 0 Å². The van der Waals surface area contributed by atoms with Crippen LogP contribution in [0, 0.1) is 0 Å². The molecule has 10 heteroatoms. The van der Waals surface area contributed by atoms with Gasteiger partial charge in [0.15, 0.2) is 0 Å². The van der Waals surface area contributed by atoms with Crippen molar-refractivity contribution in [2.45, 2.75) is 24.0 Å². The van der Waals surface area contributed by atoms with Crippen LogP contribution in [0.25, 0.3) is 0 Å². The molecule has 1 rings (SSSR count). The lowest BCUT2D eigenvalue weighted by Crippen LogP contribution is -2.42. The Morgan fingerprint density at radius 2 is 1.71 bits per heavy atom. The second kappa shape index (κ2) is 6.22. The quantitative estimate of drug-likeness (QED) is 0.658. The molecule has 0 saturated carbocycles. The van der Waals surface area contributed by atoms with E-state index in [1.807, 2.05) is 4.72 Å². The molecule has 0 aliphatic heterocycles. The second-order valence-corrected chi connectivity index (χ2v) is 5.58. The van der Waals surface area contributed by atoms with E-state index in [2.05, 4.69) is 4.74 Å². The third-order valence-electron chi connectivity index (χ3n) is 2.16. The number of benzene rings is 1. The van der Waals surface area contributed by atoms with Crippen LogP contribution >= 0.6 is 0 Å². The Bertz CT molecular complexity index is 627. The van der Waals surface area contributed by atoms with Gasteiger partial charge in [-0.05, 0) is 19.1 Å². The van der Waals surface area contributed by atoms with Crippen molar-refractivity contribution >= 4 is 22.0 Å². The molecular weight excluding hydrogens is 315 g/mol. The summed E-state index contributed by atoms with van der Waals surface area (Å²) in [6, 6.07) is 5.18. The van der Waals surface area contributed by atoms with E-state index in [4.69, 9.17) is 0 Å². The van der Waals surface area contributed by atoms with E-state index >= 15 is 0 Å². The van der Waals surface area contributed by atoms with Crippen molar-refractivity contribution in [1.82, 2.24) is 4.72 Å². The SMILES string of the molecule is CC(NS(=O)(=O)c1ccccc1)C(=O)OC(=O)C(F)(F)F. The molecule has 0 heterocycles. The molecule has 0 radical (unpaired) electrons. The van der Waals surface area contributed by atoms with Crippen LogP contribution in [0.2, 0.25) is 0 Å². The molecule has 1 aromatic rings. The minimum Gasteiger partial charge on any atom is -0.385 e. The van der Waals surface area contributed by atoms with Crippen molar-refractivity contribution in [3.8, 4) is 0 Å². The van der Waals surface area contributed by atoms with Gasteiger partial charge in [-0.3, -0.25) is 0 Å². The summed E-state index contributed by atoms with van der Waals surface area (Å²) in [4.78, 5) is 21.5. The number of nitrogens with one attached hydrogen (secondary N) is 1. The fraction of sp³-hybridized carbons (Fsp3) is 0.273. The molecule has 0 spiro atoms.